The van der Waals surface area contributed by atoms with Crippen molar-refractivity contribution in [3.63, 3.8) is 0 Å². The largest absolute Gasteiger partial charge is 0.497 e. The van der Waals surface area contributed by atoms with Crippen LogP contribution >= 0.6 is 15.9 Å². The van der Waals surface area contributed by atoms with E-state index in [1.165, 1.54) is 36.1 Å². The number of nitrogens with zero attached hydrogens (tertiary/aromatic N) is 3. The molecule has 4 rings (SSSR count). The summed E-state index contributed by atoms with van der Waals surface area (Å²) in [5, 5.41) is 17.0. The van der Waals surface area contributed by atoms with Crippen LogP contribution in [0.1, 0.15) is 10.4 Å². The lowest BCUT2D eigenvalue weighted by atomic mass is 10.1. The Hall–Kier alpha value is -3.50. The topological polar surface area (TPSA) is 111 Å². The molecule has 0 aliphatic heterocycles. The Balaban J connectivity index is 1.93. The molecule has 10 heteroatoms. The second-order valence-electron chi connectivity index (χ2n) is 6.70. The molecule has 1 heterocycles. The van der Waals surface area contributed by atoms with Gasteiger partial charge >= 0.3 is 5.97 Å². The van der Waals surface area contributed by atoms with E-state index in [4.69, 9.17) is 9.84 Å². The number of benzene rings is 3. The van der Waals surface area contributed by atoms with Gasteiger partial charge in [-0.2, -0.15) is 0 Å². The SMILES string of the molecule is COc1cccc(S(=O)(=O)c2nnn(-c3ccc(C(=O)O)cc3)c2-c2ccc(Br)cc2)c1. The zero-order valence-corrected chi connectivity index (χ0v) is 19.0. The molecule has 1 N–H and O–H groups in total. The first-order chi connectivity index (χ1) is 15.3. The number of carboxylic acid groups (broad SMARTS) is 1. The molecule has 0 unspecified atom stereocenters. The van der Waals surface area contributed by atoms with Gasteiger partial charge in [-0.25, -0.2) is 17.9 Å². The van der Waals surface area contributed by atoms with Gasteiger partial charge in [0.05, 0.1) is 23.3 Å². The Morgan fingerprint density at radius 1 is 1.03 bits per heavy atom. The monoisotopic (exact) mass is 513 g/mol. The Morgan fingerprint density at radius 3 is 2.34 bits per heavy atom. The lowest BCUT2D eigenvalue weighted by Crippen LogP contribution is -2.06. The van der Waals surface area contributed by atoms with E-state index in [9.17, 15) is 13.2 Å². The van der Waals surface area contributed by atoms with Crippen molar-refractivity contribution in [1.82, 2.24) is 15.0 Å². The maximum Gasteiger partial charge on any atom is 0.335 e. The Morgan fingerprint density at radius 2 is 1.72 bits per heavy atom. The van der Waals surface area contributed by atoms with Crippen LogP contribution < -0.4 is 4.74 Å². The van der Waals surface area contributed by atoms with Crippen molar-refractivity contribution in [1.29, 1.82) is 0 Å². The van der Waals surface area contributed by atoms with E-state index in [0.29, 0.717) is 17.0 Å². The van der Waals surface area contributed by atoms with Crippen LogP contribution in [0.2, 0.25) is 0 Å². The molecule has 0 aliphatic rings. The molecule has 0 saturated carbocycles. The van der Waals surface area contributed by atoms with Crippen molar-refractivity contribution in [2.45, 2.75) is 9.92 Å². The number of carboxylic acids is 1. The molecule has 8 nitrogen and oxygen atoms in total. The Bertz CT molecular complexity index is 1400. The molecule has 0 saturated heterocycles. The molecule has 0 atom stereocenters. The normalized spacial score (nSPS) is 11.3. The molecule has 0 amide bonds. The third kappa shape index (κ3) is 4.02. The summed E-state index contributed by atoms with van der Waals surface area (Å²) in [6.45, 7) is 0. The highest BCUT2D eigenvalue weighted by Gasteiger charge is 2.29. The smallest absolute Gasteiger partial charge is 0.335 e. The van der Waals surface area contributed by atoms with Gasteiger partial charge in [0.25, 0.3) is 0 Å². The van der Waals surface area contributed by atoms with Crippen LogP contribution in [0, 0.1) is 0 Å². The summed E-state index contributed by atoms with van der Waals surface area (Å²) in [5.74, 6) is -0.669. The van der Waals surface area contributed by atoms with Gasteiger partial charge < -0.3 is 9.84 Å². The number of sulfone groups is 1. The number of aromatic carboxylic acids is 1. The molecular weight excluding hydrogens is 498 g/mol. The lowest BCUT2D eigenvalue weighted by molar-refractivity contribution is 0.0697. The minimum Gasteiger partial charge on any atom is -0.497 e. The molecule has 1 aromatic heterocycles. The fourth-order valence-electron chi connectivity index (χ4n) is 3.11. The van der Waals surface area contributed by atoms with Crippen molar-refractivity contribution < 1.29 is 23.1 Å². The van der Waals surface area contributed by atoms with Crippen molar-refractivity contribution in [2.24, 2.45) is 0 Å². The zero-order valence-electron chi connectivity index (χ0n) is 16.6. The van der Waals surface area contributed by atoms with Gasteiger partial charge in [-0.15, -0.1) is 5.10 Å². The second-order valence-corrected chi connectivity index (χ2v) is 9.48. The number of carbonyl (C=O) groups is 1. The number of hydrogen-bond donors (Lipinski definition) is 1. The van der Waals surface area contributed by atoms with Gasteiger partial charge in [-0.1, -0.05) is 39.3 Å². The number of hydrogen-bond acceptors (Lipinski definition) is 6. The molecule has 4 aromatic rings. The average molecular weight is 514 g/mol. The number of aromatic nitrogens is 3. The van der Waals surface area contributed by atoms with Crippen LogP contribution in [-0.2, 0) is 9.84 Å². The Kier molecular flexibility index (Phi) is 5.81. The second kappa shape index (κ2) is 8.56. The first-order valence-electron chi connectivity index (χ1n) is 9.26. The van der Waals surface area contributed by atoms with E-state index in [1.54, 1.807) is 48.5 Å². The lowest BCUT2D eigenvalue weighted by Gasteiger charge is -2.10. The standard InChI is InChI=1S/C22H16BrN3O5S/c1-31-18-3-2-4-19(13-18)32(29,30)21-20(14-5-9-16(23)10-6-14)26(25-24-21)17-11-7-15(8-12-17)22(27)28/h2-13H,1H3,(H,27,28). The number of rotatable bonds is 6. The zero-order chi connectivity index (χ0) is 22.9. The first-order valence-corrected chi connectivity index (χ1v) is 11.5. The van der Waals surface area contributed by atoms with Crippen LogP contribution in [-0.4, -0.2) is 41.6 Å². The van der Waals surface area contributed by atoms with Crippen molar-refractivity contribution in [2.75, 3.05) is 7.11 Å². The van der Waals surface area contributed by atoms with Crippen LogP contribution in [0.4, 0.5) is 0 Å². The molecular formula is C22H16BrN3O5S. The summed E-state index contributed by atoms with van der Waals surface area (Å²) < 4.78 is 34.3. The number of methoxy groups -OCH3 is 1. The highest BCUT2D eigenvalue weighted by Crippen LogP contribution is 2.33. The Labute approximate surface area is 192 Å². The third-order valence-electron chi connectivity index (χ3n) is 4.72. The fourth-order valence-corrected chi connectivity index (χ4v) is 4.73. The van der Waals surface area contributed by atoms with Crippen molar-refractivity contribution in [3.05, 3.63) is 82.8 Å². The predicted octanol–water partition coefficient (Wildman–Crippen LogP) is 4.24. The molecule has 32 heavy (non-hydrogen) atoms. The third-order valence-corrected chi connectivity index (χ3v) is 6.91. The number of ether oxygens (including phenoxy) is 1. The van der Waals surface area contributed by atoms with Gasteiger partial charge in [-0.3, -0.25) is 0 Å². The quantitative estimate of drug-likeness (QED) is 0.410. The van der Waals surface area contributed by atoms with Crippen LogP contribution in [0.5, 0.6) is 5.75 Å². The van der Waals surface area contributed by atoms with Gasteiger partial charge in [0.2, 0.25) is 14.9 Å². The molecule has 0 aliphatic carbocycles. The minimum atomic E-state index is -4.05. The highest BCUT2D eigenvalue weighted by atomic mass is 79.9. The van der Waals surface area contributed by atoms with E-state index in [0.717, 1.165) is 4.47 Å². The molecule has 0 spiro atoms. The van der Waals surface area contributed by atoms with Gasteiger partial charge in [0.15, 0.2) is 0 Å². The highest BCUT2D eigenvalue weighted by molar-refractivity contribution is 9.10. The van der Waals surface area contributed by atoms with E-state index in [1.807, 2.05) is 0 Å². The van der Waals surface area contributed by atoms with Crippen molar-refractivity contribution >= 4 is 31.7 Å². The van der Waals surface area contributed by atoms with Gasteiger partial charge in [0.1, 0.15) is 11.4 Å². The van der Waals surface area contributed by atoms with Crippen LogP contribution in [0.25, 0.3) is 16.9 Å². The summed E-state index contributed by atoms with van der Waals surface area (Å²) >= 11 is 3.38. The van der Waals surface area contributed by atoms with E-state index in [-0.39, 0.29) is 21.2 Å². The average Bonchev–Trinajstić information content (AvgIpc) is 3.25. The molecule has 0 bridgehead atoms. The minimum absolute atomic E-state index is 0.0171. The molecule has 3 aromatic carbocycles. The summed E-state index contributed by atoms with van der Waals surface area (Å²) in [4.78, 5) is 11.2. The van der Waals surface area contributed by atoms with E-state index < -0.39 is 15.8 Å². The molecule has 162 valence electrons. The van der Waals surface area contributed by atoms with Crippen LogP contribution in [0.15, 0.2) is 87.2 Å². The molecule has 0 fully saturated rings. The van der Waals surface area contributed by atoms with Gasteiger partial charge in [0, 0.05) is 10.0 Å². The predicted molar refractivity (Wildman–Crippen MR) is 120 cm³/mol. The fraction of sp³-hybridized carbons (Fsp3) is 0.0455. The summed E-state index contributed by atoms with van der Waals surface area (Å²) in [6.07, 6.45) is 0. The van der Waals surface area contributed by atoms with Gasteiger partial charge in [-0.05, 0) is 54.6 Å². The summed E-state index contributed by atoms with van der Waals surface area (Å²) in [6, 6.07) is 19.1. The van der Waals surface area contributed by atoms with Crippen LogP contribution in [0.3, 0.4) is 0 Å². The molecule has 0 radical (unpaired) electrons. The van der Waals surface area contributed by atoms with E-state index in [2.05, 4.69) is 26.2 Å². The maximum absolute atomic E-state index is 13.5. The van der Waals surface area contributed by atoms with E-state index >= 15 is 0 Å². The number of halogens is 1. The van der Waals surface area contributed by atoms with Crippen molar-refractivity contribution in [3.8, 4) is 22.7 Å². The first kappa shape index (κ1) is 21.7. The summed E-state index contributed by atoms with van der Waals surface area (Å²) in [7, 11) is -2.60. The maximum atomic E-state index is 13.5. The summed E-state index contributed by atoms with van der Waals surface area (Å²) in [5.41, 5.74) is 1.39.